The van der Waals surface area contributed by atoms with Crippen LogP contribution in [0.5, 0.6) is 0 Å². The van der Waals surface area contributed by atoms with Crippen LogP contribution in [0.4, 0.5) is 0 Å². The SMILES string of the molecule is CCC1CCC(NC)C(N2CC(C)C(N(C)C)C2)C1. The monoisotopic (exact) mass is 267 g/mol. The third-order valence-corrected chi connectivity index (χ3v) is 5.61. The van der Waals surface area contributed by atoms with Gasteiger partial charge in [0.05, 0.1) is 0 Å². The normalized spacial score (nSPS) is 41.1. The third-order valence-electron chi connectivity index (χ3n) is 5.61. The molecule has 2 rings (SSSR count). The van der Waals surface area contributed by atoms with Crippen molar-refractivity contribution in [3.05, 3.63) is 0 Å². The number of hydrogen-bond donors (Lipinski definition) is 1. The van der Waals surface area contributed by atoms with Gasteiger partial charge in [-0.25, -0.2) is 0 Å². The summed E-state index contributed by atoms with van der Waals surface area (Å²) < 4.78 is 0. The van der Waals surface area contributed by atoms with Crippen LogP contribution in [0.2, 0.25) is 0 Å². The number of rotatable bonds is 4. The zero-order chi connectivity index (χ0) is 14.0. The van der Waals surface area contributed by atoms with Crippen LogP contribution in [0, 0.1) is 11.8 Å². The molecule has 2 fully saturated rings. The summed E-state index contributed by atoms with van der Waals surface area (Å²) in [5.41, 5.74) is 0. The lowest BCUT2D eigenvalue weighted by Gasteiger charge is -2.41. The van der Waals surface area contributed by atoms with Crippen LogP contribution in [-0.4, -0.2) is 62.2 Å². The largest absolute Gasteiger partial charge is 0.315 e. The van der Waals surface area contributed by atoms with Crippen LogP contribution >= 0.6 is 0 Å². The van der Waals surface area contributed by atoms with E-state index in [1.165, 1.54) is 38.8 Å². The summed E-state index contributed by atoms with van der Waals surface area (Å²) in [7, 11) is 6.61. The first-order valence-corrected chi connectivity index (χ1v) is 8.14. The molecule has 0 spiro atoms. The van der Waals surface area contributed by atoms with E-state index in [2.05, 4.69) is 50.1 Å². The average molecular weight is 267 g/mol. The van der Waals surface area contributed by atoms with E-state index in [9.17, 15) is 0 Å². The molecule has 19 heavy (non-hydrogen) atoms. The van der Waals surface area contributed by atoms with Crippen LogP contribution in [0.1, 0.15) is 39.5 Å². The van der Waals surface area contributed by atoms with E-state index < -0.39 is 0 Å². The van der Waals surface area contributed by atoms with Crippen LogP contribution in [-0.2, 0) is 0 Å². The van der Waals surface area contributed by atoms with Crippen molar-refractivity contribution < 1.29 is 0 Å². The molecule has 1 saturated heterocycles. The molecular weight excluding hydrogens is 234 g/mol. The minimum absolute atomic E-state index is 0.705. The fourth-order valence-corrected chi connectivity index (χ4v) is 4.27. The maximum absolute atomic E-state index is 3.58. The fraction of sp³-hybridized carbons (Fsp3) is 1.00. The molecule has 1 aliphatic heterocycles. The van der Waals surface area contributed by atoms with Crippen molar-refractivity contribution in [1.82, 2.24) is 15.1 Å². The van der Waals surface area contributed by atoms with Gasteiger partial charge in [0.1, 0.15) is 0 Å². The van der Waals surface area contributed by atoms with Gasteiger partial charge in [0.2, 0.25) is 0 Å². The second kappa shape index (κ2) is 6.55. The zero-order valence-electron chi connectivity index (χ0n) is 13.5. The topological polar surface area (TPSA) is 18.5 Å². The van der Waals surface area contributed by atoms with Crippen molar-refractivity contribution in [1.29, 1.82) is 0 Å². The van der Waals surface area contributed by atoms with Crippen molar-refractivity contribution in [3.63, 3.8) is 0 Å². The molecule has 2 aliphatic rings. The van der Waals surface area contributed by atoms with E-state index in [0.717, 1.165) is 23.9 Å². The van der Waals surface area contributed by atoms with E-state index in [-0.39, 0.29) is 0 Å². The lowest BCUT2D eigenvalue weighted by Crippen LogP contribution is -2.52. The van der Waals surface area contributed by atoms with Crippen molar-refractivity contribution >= 4 is 0 Å². The Labute approximate surface area is 119 Å². The predicted octanol–water partition coefficient (Wildman–Crippen LogP) is 2.03. The summed E-state index contributed by atoms with van der Waals surface area (Å²) in [6, 6.07) is 2.20. The van der Waals surface area contributed by atoms with Crippen LogP contribution < -0.4 is 5.32 Å². The molecule has 0 amide bonds. The van der Waals surface area contributed by atoms with E-state index >= 15 is 0 Å². The molecule has 0 bridgehead atoms. The highest BCUT2D eigenvalue weighted by Crippen LogP contribution is 2.33. The van der Waals surface area contributed by atoms with Gasteiger partial charge in [-0.3, -0.25) is 4.90 Å². The summed E-state index contributed by atoms with van der Waals surface area (Å²) >= 11 is 0. The van der Waals surface area contributed by atoms with Crippen molar-refractivity contribution in [2.45, 2.75) is 57.7 Å². The maximum Gasteiger partial charge on any atom is 0.0254 e. The first-order chi connectivity index (χ1) is 9.06. The molecule has 0 aromatic rings. The summed E-state index contributed by atoms with van der Waals surface area (Å²) in [6.45, 7) is 7.31. The van der Waals surface area contributed by atoms with Gasteiger partial charge in [-0.2, -0.15) is 0 Å². The van der Waals surface area contributed by atoms with E-state index in [1.54, 1.807) is 0 Å². The minimum atomic E-state index is 0.705. The molecule has 0 radical (unpaired) electrons. The number of hydrogen-bond acceptors (Lipinski definition) is 3. The zero-order valence-corrected chi connectivity index (χ0v) is 13.5. The standard InChI is InChI=1S/C16H33N3/c1-6-13-7-8-14(17-3)15(9-13)19-10-12(2)16(11-19)18(4)5/h12-17H,6-11H2,1-5H3. The van der Waals surface area contributed by atoms with Gasteiger partial charge in [0.25, 0.3) is 0 Å². The number of nitrogens with zero attached hydrogens (tertiary/aromatic N) is 2. The van der Waals surface area contributed by atoms with Gasteiger partial charge < -0.3 is 10.2 Å². The molecule has 5 unspecified atom stereocenters. The first-order valence-electron chi connectivity index (χ1n) is 8.14. The highest BCUT2D eigenvalue weighted by atomic mass is 15.3. The molecule has 3 heteroatoms. The van der Waals surface area contributed by atoms with Crippen molar-refractivity contribution in [2.24, 2.45) is 11.8 Å². The maximum atomic E-state index is 3.58. The van der Waals surface area contributed by atoms with E-state index in [4.69, 9.17) is 0 Å². The Kier molecular flexibility index (Phi) is 5.27. The quantitative estimate of drug-likeness (QED) is 0.841. The Morgan fingerprint density at radius 2 is 1.95 bits per heavy atom. The van der Waals surface area contributed by atoms with Gasteiger partial charge in [0.15, 0.2) is 0 Å². The van der Waals surface area contributed by atoms with Crippen LogP contribution in [0.3, 0.4) is 0 Å². The van der Waals surface area contributed by atoms with Gasteiger partial charge >= 0.3 is 0 Å². The van der Waals surface area contributed by atoms with E-state index in [1.807, 2.05) is 0 Å². The summed E-state index contributed by atoms with van der Waals surface area (Å²) in [5, 5.41) is 3.58. The molecule has 5 atom stereocenters. The number of likely N-dealkylation sites (N-methyl/N-ethyl adjacent to an activating group) is 2. The Balaban J connectivity index is 2.02. The van der Waals surface area contributed by atoms with Gasteiger partial charge in [-0.1, -0.05) is 20.3 Å². The van der Waals surface area contributed by atoms with Crippen LogP contribution in [0.15, 0.2) is 0 Å². The van der Waals surface area contributed by atoms with Gasteiger partial charge in [-0.15, -0.1) is 0 Å². The Bertz CT molecular complexity index is 279. The Morgan fingerprint density at radius 3 is 2.47 bits per heavy atom. The smallest absolute Gasteiger partial charge is 0.0254 e. The Morgan fingerprint density at radius 1 is 1.21 bits per heavy atom. The lowest BCUT2D eigenvalue weighted by molar-refractivity contribution is 0.113. The minimum Gasteiger partial charge on any atom is -0.315 e. The summed E-state index contributed by atoms with van der Waals surface area (Å²) in [5.74, 6) is 1.75. The van der Waals surface area contributed by atoms with Gasteiger partial charge in [-0.05, 0) is 52.2 Å². The second-order valence-corrected chi connectivity index (χ2v) is 7.01. The van der Waals surface area contributed by atoms with Gasteiger partial charge in [0, 0.05) is 31.2 Å². The second-order valence-electron chi connectivity index (χ2n) is 7.01. The molecule has 1 saturated carbocycles. The summed E-state index contributed by atoms with van der Waals surface area (Å²) in [6.07, 6.45) is 5.53. The number of likely N-dealkylation sites (tertiary alicyclic amines) is 1. The van der Waals surface area contributed by atoms with Crippen molar-refractivity contribution in [2.75, 3.05) is 34.2 Å². The fourth-order valence-electron chi connectivity index (χ4n) is 4.27. The van der Waals surface area contributed by atoms with E-state index in [0.29, 0.717) is 6.04 Å². The lowest BCUT2D eigenvalue weighted by atomic mass is 9.80. The predicted molar refractivity (Wildman–Crippen MR) is 82.5 cm³/mol. The summed E-state index contributed by atoms with van der Waals surface area (Å²) in [4.78, 5) is 5.19. The molecule has 0 aromatic heterocycles. The number of nitrogens with one attached hydrogen (secondary N) is 1. The molecular formula is C16H33N3. The average Bonchev–Trinajstić information content (AvgIpc) is 2.80. The molecule has 1 heterocycles. The highest BCUT2D eigenvalue weighted by molar-refractivity contribution is 4.96. The molecule has 1 N–H and O–H groups in total. The molecule has 0 aromatic carbocycles. The Hall–Kier alpha value is -0.120. The molecule has 3 nitrogen and oxygen atoms in total. The molecule has 112 valence electrons. The first kappa shape index (κ1) is 15.3. The third kappa shape index (κ3) is 3.32. The van der Waals surface area contributed by atoms with Crippen molar-refractivity contribution in [3.8, 4) is 0 Å². The van der Waals surface area contributed by atoms with Crippen LogP contribution in [0.25, 0.3) is 0 Å². The highest BCUT2D eigenvalue weighted by Gasteiger charge is 2.39. The molecule has 1 aliphatic carbocycles.